The summed E-state index contributed by atoms with van der Waals surface area (Å²) in [5, 5.41) is 4.63. The molecule has 0 atom stereocenters. The molecule has 3 N–H and O–H groups in total. The number of fused-ring (bicyclic) bond motifs is 1. The lowest BCUT2D eigenvalue weighted by Gasteiger charge is -2.07. The van der Waals surface area contributed by atoms with Gasteiger partial charge >= 0.3 is 0 Å². The number of carbonyl (C=O) groups excluding carboxylic acids is 1. The number of hydrogen-bond donors (Lipinski definition) is 2. The Kier molecular flexibility index (Phi) is 2.21. The molecule has 2 aromatic rings. The minimum Gasteiger partial charge on any atom is -0.398 e. The summed E-state index contributed by atoms with van der Waals surface area (Å²) in [5.41, 5.74) is 7.01. The van der Waals surface area contributed by atoms with Gasteiger partial charge in [-0.05, 0) is 25.0 Å². The van der Waals surface area contributed by atoms with Crippen LogP contribution in [0.2, 0.25) is 0 Å². The smallest absolute Gasteiger partial charge is 0.270 e. The minimum absolute atomic E-state index is 0.108. The van der Waals surface area contributed by atoms with Crippen LogP contribution in [0.1, 0.15) is 23.3 Å². The van der Waals surface area contributed by atoms with Gasteiger partial charge in [-0.1, -0.05) is 12.1 Å². The van der Waals surface area contributed by atoms with Crippen LogP contribution < -0.4 is 11.1 Å². The molecule has 1 amide bonds. The van der Waals surface area contributed by atoms with Crippen molar-refractivity contribution >= 4 is 22.4 Å². The number of pyridine rings is 1. The maximum Gasteiger partial charge on any atom is 0.270 e. The highest BCUT2D eigenvalue weighted by Crippen LogP contribution is 2.24. The minimum atomic E-state index is -0.108. The number of benzene rings is 1. The van der Waals surface area contributed by atoms with Gasteiger partial charge in [0.15, 0.2) is 0 Å². The van der Waals surface area contributed by atoms with Gasteiger partial charge in [0, 0.05) is 28.7 Å². The van der Waals surface area contributed by atoms with Gasteiger partial charge in [-0.15, -0.1) is 0 Å². The maximum absolute atomic E-state index is 12.0. The van der Waals surface area contributed by atoms with E-state index < -0.39 is 0 Å². The van der Waals surface area contributed by atoms with Crippen LogP contribution in [0.5, 0.6) is 0 Å². The molecular weight excluding hydrogens is 214 g/mol. The molecule has 3 rings (SSSR count). The molecule has 17 heavy (non-hydrogen) atoms. The van der Waals surface area contributed by atoms with E-state index in [2.05, 4.69) is 10.3 Å². The Balaban J connectivity index is 2.09. The number of amides is 1. The van der Waals surface area contributed by atoms with Gasteiger partial charge in [0.05, 0.1) is 0 Å². The van der Waals surface area contributed by atoms with Crippen molar-refractivity contribution in [1.82, 2.24) is 10.3 Å². The van der Waals surface area contributed by atoms with E-state index in [-0.39, 0.29) is 5.91 Å². The van der Waals surface area contributed by atoms with E-state index in [1.54, 1.807) is 6.20 Å². The molecule has 0 bridgehead atoms. The van der Waals surface area contributed by atoms with Crippen LogP contribution in [0.25, 0.3) is 10.8 Å². The summed E-state index contributed by atoms with van der Waals surface area (Å²) < 4.78 is 0. The normalized spacial score (nSPS) is 14.8. The molecule has 1 aromatic carbocycles. The van der Waals surface area contributed by atoms with Crippen LogP contribution in [0, 0.1) is 0 Å². The van der Waals surface area contributed by atoms with E-state index in [1.165, 1.54) is 0 Å². The second kappa shape index (κ2) is 3.73. The first-order valence-corrected chi connectivity index (χ1v) is 5.70. The number of nitrogens with zero attached hydrogens (tertiary/aromatic N) is 1. The number of nitrogens with one attached hydrogen (secondary N) is 1. The third-order valence-electron chi connectivity index (χ3n) is 2.97. The van der Waals surface area contributed by atoms with Crippen molar-refractivity contribution in [3.63, 3.8) is 0 Å². The summed E-state index contributed by atoms with van der Waals surface area (Å²) in [5.74, 6) is -0.108. The molecule has 1 heterocycles. The highest BCUT2D eigenvalue weighted by molar-refractivity contribution is 6.08. The fourth-order valence-corrected chi connectivity index (χ4v) is 1.89. The summed E-state index contributed by atoms with van der Waals surface area (Å²) >= 11 is 0. The second-order valence-electron chi connectivity index (χ2n) is 4.35. The summed E-state index contributed by atoms with van der Waals surface area (Å²) in [6.07, 6.45) is 3.76. The van der Waals surface area contributed by atoms with Gasteiger partial charge in [-0.25, -0.2) is 0 Å². The summed E-state index contributed by atoms with van der Waals surface area (Å²) in [4.78, 5) is 16.2. The lowest BCUT2D eigenvalue weighted by molar-refractivity contribution is 0.0948. The van der Waals surface area contributed by atoms with Crippen molar-refractivity contribution in [3.8, 4) is 0 Å². The first kappa shape index (κ1) is 10.1. The summed E-state index contributed by atoms with van der Waals surface area (Å²) in [6.45, 7) is 0. The van der Waals surface area contributed by atoms with Crippen molar-refractivity contribution in [2.75, 3.05) is 5.73 Å². The molecule has 4 nitrogen and oxygen atoms in total. The highest BCUT2D eigenvalue weighted by Gasteiger charge is 2.25. The number of nitrogen functional groups attached to an aromatic ring is 1. The molecule has 0 unspecified atom stereocenters. The molecule has 1 fully saturated rings. The Morgan fingerprint density at radius 2 is 2.12 bits per heavy atom. The van der Waals surface area contributed by atoms with Crippen molar-refractivity contribution in [1.29, 1.82) is 0 Å². The maximum atomic E-state index is 12.0. The summed E-state index contributed by atoms with van der Waals surface area (Å²) in [7, 11) is 0. The van der Waals surface area contributed by atoms with Gasteiger partial charge < -0.3 is 11.1 Å². The van der Waals surface area contributed by atoms with Crippen LogP contribution in [-0.4, -0.2) is 16.9 Å². The van der Waals surface area contributed by atoms with E-state index >= 15 is 0 Å². The monoisotopic (exact) mass is 227 g/mol. The number of rotatable bonds is 2. The van der Waals surface area contributed by atoms with Crippen molar-refractivity contribution < 1.29 is 4.79 Å². The Bertz CT molecular complexity index is 590. The first-order chi connectivity index (χ1) is 8.25. The van der Waals surface area contributed by atoms with E-state index in [9.17, 15) is 4.79 Å². The average Bonchev–Trinajstić information content (AvgIpc) is 3.13. The zero-order valence-electron chi connectivity index (χ0n) is 9.31. The SMILES string of the molecule is Nc1cccc2c(C(=O)NC3CC3)nccc12. The second-order valence-corrected chi connectivity index (χ2v) is 4.35. The van der Waals surface area contributed by atoms with E-state index in [1.807, 2.05) is 24.3 Å². The fraction of sp³-hybridized carbons (Fsp3) is 0.231. The molecule has 1 aliphatic rings. The topological polar surface area (TPSA) is 68.0 Å². The summed E-state index contributed by atoms with van der Waals surface area (Å²) in [6, 6.07) is 7.71. The van der Waals surface area contributed by atoms with Gasteiger partial charge in [0.25, 0.3) is 5.91 Å². The Labute approximate surface area is 98.8 Å². The van der Waals surface area contributed by atoms with Crippen LogP contribution in [0.3, 0.4) is 0 Å². The molecule has 1 aliphatic carbocycles. The zero-order chi connectivity index (χ0) is 11.8. The number of nitrogens with two attached hydrogens (primary N) is 1. The van der Waals surface area contributed by atoms with Crippen molar-refractivity contribution in [2.45, 2.75) is 18.9 Å². The first-order valence-electron chi connectivity index (χ1n) is 5.70. The van der Waals surface area contributed by atoms with Gasteiger partial charge in [-0.3, -0.25) is 9.78 Å². The molecule has 86 valence electrons. The third-order valence-corrected chi connectivity index (χ3v) is 2.97. The molecule has 4 heteroatoms. The van der Waals surface area contributed by atoms with Crippen LogP contribution >= 0.6 is 0 Å². The predicted octanol–water partition coefficient (Wildman–Crippen LogP) is 1.71. The Morgan fingerprint density at radius 3 is 2.88 bits per heavy atom. The third kappa shape index (κ3) is 1.82. The van der Waals surface area contributed by atoms with Crippen molar-refractivity contribution in [2.24, 2.45) is 0 Å². The Hall–Kier alpha value is -2.10. The van der Waals surface area contributed by atoms with E-state index in [0.717, 1.165) is 23.6 Å². The van der Waals surface area contributed by atoms with Gasteiger partial charge in [0.1, 0.15) is 5.69 Å². The van der Waals surface area contributed by atoms with Crippen LogP contribution in [0.4, 0.5) is 5.69 Å². The largest absolute Gasteiger partial charge is 0.398 e. The molecule has 1 saturated carbocycles. The van der Waals surface area contributed by atoms with Crippen molar-refractivity contribution in [3.05, 3.63) is 36.2 Å². The fourth-order valence-electron chi connectivity index (χ4n) is 1.89. The molecular formula is C13H13N3O. The van der Waals surface area contributed by atoms with Gasteiger partial charge in [-0.2, -0.15) is 0 Å². The molecule has 0 spiro atoms. The standard InChI is InChI=1S/C13H13N3O/c14-11-3-1-2-10-9(11)6-7-15-12(10)13(17)16-8-4-5-8/h1-3,6-8H,4-5,14H2,(H,16,17). The molecule has 0 radical (unpaired) electrons. The number of aromatic nitrogens is 1. The lowest BCUT2D eigenvalue weighted by Crippen LogP contribution is -2.26. The van der Waals surface area contributed by atoms with Gasteiger partial charge in [0.2, 0.25) is 0 Å². The number of hydrogen-bond acceptors (Lipinski definition) is 3. The lowest BCUT2D eigenvalue weighted by atomic mass is 10.1. The Morgan fingerprint density at radius 1 is 1.29 bits per heavy atom. The average molecular weight is 227 g/mol. The van der Waals surface area contributed by atoms with Crippen LogP contribution in [0.15, 0.2) is 30.5 Å². The molecule has 1 aromatic heterocycles. The number of carbonyl (C=O) groups is 1. The molecule has 0 saturated heterocycles. The molecule has 0 aliphatic heterocycles. The van der Waals surface area contributed by atoms with Crippen LogP contribution in [-0.2, 0) is 0 Å². The van der Waals surface area contributed by atoms with E-state index in [0.29, 0.717) is 17.4 Å². The number of anilines is 1. The van der Waals surface area contributed by atoms with E-state index in [4.69, 9.17) is 5.73 Å². The predicted molar refractivity (Wildman–Crippen MR) is 66.6 cm³/mol. The highest BCUT2D eigenvalue weighted by atomic mass is 16.2. The quantitative estimate of drug-likeness (QED) is 0.767. The zero-order valence-corrected chi connectivity index (χ0v) is 9.31.